The fraction of sp³-hybridized carbons (Fsp3) is 0.250. The van der Waals surface area contributed by atoms with E-state index in [0.29, 0.717) is 0 Å². The average Bonchev–Trinajstić information content (AvgIpc) is 3.01. The van der Waals surface area contributed by atoms with Gasteiger partial charge in [0, 0.05) is 18.0 Å². The molecule has 0 atom stereocenters. The molecule has 0 saturated carbocycles. The Kier molecular flexibility index (Phi) is 4.47. The molecule has 0 fully saturated rings. The van der Waals surface area contributed by atoms with Crippen molar-refractivity contribution in [3.8, 4) is 5.75 Å². The van der Waals surface area contributed by atoms with Crippen molar-refractivity contribution in [1.29, 1.82) is 0 Å². The summed E-state index contributed by atoms with van der Waals surface area (Å²) in [4.78, 5) is 11.7. The molecule has 1 N–H and O–H groups in total. The SMILES string of the molecule is CC(C)C(=O)Nc1ccc(/C=C/c2ccc3c(c2)OCC3)cc1. The van der Waals surface area contributed by atoms with Crippen molar-refractivity contribution in [3.63, 3.8) is 0 Å². The third-order valence-corrected chi connectivity index (χ3v) is 3.89. The maximum Gasteiger partial charge on any atom is 0.226 e. The molecule has 0 saturated heterocycles. The molecular formula is C20H21NO2. The molecule has 118 valence electrons. The molecule has 1 aliphatic heterocycles. The van der Waals surface area contributed by atoms with Gasteiger partial charge in [-0.1, -0.05) is 50.3 Å². The van der Waals surface area contributed by atoms with E-state index in [1.54, 1.807) is 0 Å². The van der Waals surface area contributed by atoms with Crippen molar-refractivity contribution in [2.24, 2.45) is 5.92 Å². The highest BCUT2D eigenvalue weighted by Crippen LogP contribution is 2.27. The predicted molar refractivity (Wildman–Crippen MR) is 94.5 cm³/mol. The van der Waals surface area contributed by atoms with Crippen LogP contribution in [0.2, 0.25) is 0 Å². The standard InChI is InChI=1S/C20H21NO2/c1-14(2)20(22)21-18-9-6-15(7-10-18)3-4-16-5-8-17-11-12-23-19(17)13-16/h3-10,13-14H,11-12H2,1-2H3,(H,21,22)/b4-3+. The molecule has 2 aromatic rings. The highest BCUT2D eigenvalue weighted by atomic mass is 16.5. The summed E-state index contributed by atoms with van der Waals surface area (Å²) < 4.78 is 5.59. The van der Waals surface area contributed by atoms with E-state index in [-0.39, 0.29) is 11.8 Å². The summed E-state index contributed by atoms with van der Waals surface area (Å²) in [6.45, 7) is 4.55. The van der Waals surface area contributed by atoms with Crippen molar-refractivity contribution in [1.82, 2.24) is 0 Å². The van der Waals surface area contributed by atoms with Crippen LogP contribution in [0.5, 0.6) is 5.75 Å². The Hall–Kier alpha value is -2.55. The predicted octanol–water partition coefficient (Wildman–Crippen LogP) is 4.39. The minimum absolute atomic E-state index is 0.0170. The molecule has 3 rings (SSSR count). The fourth-order valence-electron chi connectivity index (χ4n) is 2.44. The van der Waals surface area contributed by atoms with Crippen LogP contribution in [0, 0.1) is 5.92 Å². The first-order chi connectivity index (χ1) is 11.1. The topological polar surface area (TPSA) is 38.3 Å². The zero-order chi connectivity index (χ0) is 16.2. The zero-order valence-electron chi connectivity index (χ0n) is 13.5. The minimum Gasteiger partial charge on any atom is -0.493 e. The van der Waals surface area contributed by atoms with Crippen molar-refractivity contribution in [2.75, 3.05) is 11.9 Å². The Morgan fingerprint density at radius 3 is 2.52 bits per heavy atom. The van der Waals surface area contributed by atoms with E-state index in [0.717, 1.165) is 35.6 Å². The van der Waals surface area contributed by atoms with Crippen LogP contribution < -0.4 is 10.1 Å². The summed E-state index contributed by atoms with van der Waals surface area (Å²) in [6.07, 6.45) is 5.14. The number of carbonyl (C=O) groups excluding carboxylic acids is 1. The minimum atomic E-state index is -0.0170. The monoisotopic (exact) mass is 307 g/mol. The lowest BCUT2D eigenvalue weighted by Gasteiger charge is -2.07. The number of ether oxygens (including phenoxy) is 1. The van der Waals surface area contributed by atoms with Gasteiger partial charge >= 0.3 is 0 Å². The van der Waals surface area contributed by atoms with Crippen LogP contribution in [0.15, 0.2) is 42.5 Å². The number of benzene rings is 2. The summed E-state index contributed by atoms with van der Waals surface area (Å²) in [5, 5.41) is 2.89. The van der Waals surface area contributed by atoms with Gasteiger partial charge in [0.15, 0.2) is 0 Å². The van der Waals surface area contributed by atoms with Crippen LogP contribution in [-0.2, 0) is 11.2 Å². The maximum absolute atomic E-state index is 11.7. The first-order valence-electron chi connectivity index (χ1n) is 7.96. The quantitative estimate of drug-likeness (QED) is 0.851. The average molecular weight is 307 g/mol. The molecule has 3 heteroatoms. The Balaban J connectivity index is 1.67. The number of hydrogen-bond acceptors (Lipinski definition) is 2. The number of hydrogen-bond donors (Lipinski definition) is 1. The Bertz CT molecular complexity index is 730. The molecule has 1 amide bonds. The Morgan fingerprint density at radius 2 is 1.78 bits per heavy atom. The van der Waals surface area contributed by atoms with Crippen molar-refractivity contribution < 1.29 is 9.53 Å². The second-order valence-corrected chi connectivity index (χ2v) is 6.06. The lowest BCUT2D eigenvalue weighted by molar-refractivity contribution is -0.118. The van der Waals surface area contributed by atoms with Gasteiger partial charge in [0.1, 0.15) is 5.75 Å². The summed E-state index contributed by atoms with van der Waals surface area (Å²) in [5.41, 5.74) is 4.33. The smallest absolute Gasteiger partial charge is 0.226 e. The van der Waals surface area contributed by atoms with E-state index in [2.05, 4.69) is 35.7 Å². The molecular weight excluding hydrogens is 286 g/mol. The van der Waals surface area contributed by atoms with Crippen LogP contribution in [0.3, 0.4) is 0 Å². The van der Waals surface area contributed by atoms with Crippen LogP contribution in [0.1, 0.15) is 30.5 Å². The van der Waals surface area contributed by atoms with Gasteiger partial charge < -0.3 is 10.1 Å². The van der Waals surface area contributed by atoms with Gasteiger partial charge in [-0.05, 0) is 34.9 Å². The molecule has 1 aliphatic rings. The summed E-state index contributed by atoms with van der Waals surface area (Å²) in [5.74, 6) is 1.02. The van der Waals surface area contributed by atoms with Gasteiger partial charge in [-0.2, -0.15) is 0 Å². The lowest BCUT2D eigenvalue weighted by atomic mass is 10.1. The second kappa shape index (κ2) is 6.69. The summed E-state index contributed by atoms with van der Waals surface area (Å²) in [6, 6.07) is 14.2. The number of carbonyl (C=O) groups is 1. The van der Waals surface area contributed by atoms with E-state index >= 15 is 0 Å². The van der Waals surface area contributed by atoms with Crippen molar-refractivity contribution in [3.05, 3.63) is 59.2 Å². The van der Waals surface area contributed by atoms with Crippen LogP contribution in [0.4, 0.5) is 5.69 Å². The molecule has 23 heavy (non-hydrogen) atoms. The van der Waals surface area contributed by atoms with Gasteiger partial charge in [-0.15, -0.1) is 0 Å². The zero-order valence-corrected chi connectivity index (χ0v) is 13.5. The molecule has 2 aromatic carbocycles. The molecule has 1 heterocycles. The molecule has 0 bridgehead atoms. The van der Waals surface area contributed by atoms with Gasteiger partial charge in [0.25, 0.3) is 0 Å². The number of fused-ring (bicyclic) bond motifs is 1. The Morgan fingerprint density at radius 1 is 1.09 bits per heavy atom. The number of anilines is 1. The largest absolute Gasteiger partial charge is 0.493 e. The molecule has 0 aromatic heterocycles. The molecule has 3 nitrogen and oxygen atoms in total. The van der Waals surface area contributed by atoms with Crippen LogP contribution in [-0.4, -0.2) is 12.5 Å². The first kappa shape index (κ1) is 15.3. The van der Waals surface area contributed by atoms with Gasteiger partial charge in [-0.25, -0.2) is 0 Å². The highest BCUT2D eigenvalue weighted by molar-refractivity contribution is 5.92. The number of nitrogens with one attached hydrogen (secondary N) is 1. The molecule has 0 spiro atoms. The molecule has 0 radical (unpaired) electrons. The van der Waals surface area contributed by atoms with E-state index in [4.69, 9.17) is 4.74 Å². The normalized spacial score (nSPS) is 13.2. The van der Waals surface area contributed by atoms with Crippen molar-refractivity contribution in [2.45, 2.75) is 20.3 Å². The van der Waals surface area contributed by atoms with E-state index < -0.39 is 0 Å². The summed E-state index contributed by atoms with van der Waals surface area (Å²) >= 11 is 0. The van der Waals surface area contributed by atoms with Crippen LogP contribution >= 0.6 is 0 Å². The van der Waals surface area contributed by atoms with Gasteiger partial charge in [0.05, 0.1) is 6.61 Å². The third kappa shape index (κ3) is 3.81. The van der Waals surface area contributed by atoms with Gasteiger partial charge in [-0.3, -0.25) is 4.79 Å². The first-order valence-corrected chi connectivity index (χ1v) is 7.96. The summed E-state index contributed by atoms with van der Waals surface area (Å²) in [7, 11) is 0. The maximum atomic E-state index is 11.7. The lowest BCUT2D eigenvalue weighted by Crippen LogP contribution is -2.17. The van der Waals surface area contributed by atoms with E-state index in [1.807, 2.05) is 38.1 Å². The van der Waals surface area contributed by atoms with Crippen LogP contribution in [0.25, 0.3) is 12.2 Å². The molecule has 0 unspecified atom stereocenters. The molecule has 0 aliphatic carbocycles. The second-order valence-electron chi connectivity index (χ2n) is 6.06. The Labute approximate surface area is 137 Å². The van der Waals surface area contributed by atoms with E-state index in [9.17, 15) is 4.79 Å². The third-order valence-electron chi connectivity index (χ3n) is 3.89. The highest BCUT2D eigenvalue weighted by Gasteiger charge is 2.11. The fourth-order valence-corrected chi connectivity index (χ4v) is 2.44. The number of amides is 1. The van der Waals surface area contributed by atoms with Gasteiger partial charge in [0.2, 0.25) is 5.91 Å². The number of rotatable bonds is 4. The van der Waals surface area contributed by atoms with E-state index in [1.165, 1.54) is 5.56 Å². The van der Waals surface area contributed by atoms with Crippen molar-refractivity contribution >= 4 is 23.7 Å².